The van der Waals surface area contributed by atoms with Crippen LogP contribution in [0.2, 0.25) is 0 Å². The molecule has 0 radical (unpaired) electrons. The van der Waals surface area contributed by atoms with Gasteiger partial charge in [-0.2, -0.15) is 0 Å². The molecule has 0 fully saturated rings. The number of nitrogens with zero attached hydrogens (tertiary/aromatic N) is 2. The average molecular weight is 315 g/mol. The molecule has 1 aromatic heterocycles. The topological polar surface area (TPSA) is 110 Å². The van der Waals surface area contributed by atoms with Crippen LogP contribution < -0.4 is 23.9 Å². The first-order chi connectivity index (χ1) is 9.15. The van der Waals surface area contributed by atoms with Crippen LogP contribution in [0.15, 0.2) is 40.0 Å². The molecule has 0 spiro atoms. The standard InChI is InChI=1S/C12H14N4O2S.ClH/c13-9(6-8-4-2-1-3-5-8)11-15-16-12(18-11)19-7-10(14)17;/h1-5,9H,6-7,13H2,(H2,14,17);1H/t9-;/m0./s1. The largest absolute Gasteiger partial charge is 1.00 e. The summed E-state index contributed by atoms with van der Waals surface area (Å²) < 4.78 is 5.44. The Bertz CT molecular complexity index is 549. The molecule has 0 saturated heterocycles. The van der Waals surface area contributed by atoms with Crippen molar-refractivity contribution in [1.29, 1.82) is 0 Å². The number of hydrogen-bond donors (Lipinski definition) is 2. The number of carbonyl (C=O) groups excluding carboxylic acids is 1. The van der Waals surface area contributed by atoms with Gasteiger partial charge in [-0.05, 0) is 5.56 Å². The van der Waals surface area contributed by atoms with E-state index in [4.69, 9.17) is 10.2 Å². The van der Waals surface area contributed by atoms with E-state index in [9.17, 15) is 4.79 Å². The van der Waals surface area contributed by atoms with Gasteiger partial charge in [0, 0.05) is 6.42 Å². The van der Waals surface area contributed by atoms with E-state index >= 15 is 0 Å². The van der Waals surface area contributed by atoms with E-state index in [0.717, 1.165) is 23.7 Å². The normalized spacial score (nSPS) is 11.7. The minimum Gasteiger partial charge on any atom is -1.00 e. The summed E-state index contributed by atoms with van der Waals surface area (Å²) in [5.41, 5.74) is 10.2. The maximum absolute atomic E-state index is 10.7. The second kappa shape index (κ2) is 7.88. The number of thioether (sulfide) groups is 1. The van der Waals surface area contributed by atoms with E-state index in [0.29, 0.717) is 11.1 Å². The van der Waals surface area contributed by atoms with Crippen molar-refractivity contribution in [3.8, 4) is 0 Å². The highest BCUT2D eigenvalue weighted by molar-refractivity contribution is 7.99. The summed E-state index contributed by atoms with van der Waals surface area (Å²) >= 11 is 1.13. The lowest BCUT2D eigenvalue weighted by atomic mass is 10.1. The minimum atomic E-state index is -0.416. The number of amides is 1. The smallest absolute Gasteiger partial charge is 0.277 e. The third-order valence-corrected chi connectivity index (χ3v) is 3.27. The van der Waals surface area contributed by atoms with Crippen molar-refractivity contribution in [2.75, 3.05) is 5.75 Å². The average Bonchev–Trinajstić information content (AvgIpc) is 2.86. The number of nitrogens with two attached hydrogens (primary N) is 1. The molecule has 5 N–H and O–H groups in total. The molecule has 0 aliphatic carbocycles. The van der Waals surface area contributed by atoms with Crippen molar-refractivity contribution < 1.29 is 27.4 Å². The molecule has 2 rings (SSSR count). The van der Waals surface area contributed by atoms with E-state index in [1.807, 2.05) is 30.3 Å². The van der Waals surface area contributed by atoms with E-state index in [2.05, 4.69) is 15.9 Å². The zero-order chi connectivity index (χ0) is 13.7. The molecule has 1 aromatic carbocycles. The third kappa shape index (κ3) is 4.84. The predicted molar refractivity (Wildman–Crippen MR) is 70.0 cm³/mol. The fraction of sp³-hybridized carbons (Fsp3) is 0.250. The van der Waals surface area contributed by atoms with Crippen LogP contribution in [-0.2, 0) is 11.2 Å². The summed E-state index contributed by atoms with van der Waals surface area (Å²) in [6.07, 6.45) is 0.725. The summed E-state index contributed by atoms with van der Waals surface area (Å²) in [4.78, 5) is 10.7. The molecule has 8 heteroatoms. The van der Waals surface area contributed by atoms with Crippen LogP contribution in [-0.4, -0.2) is 21.9 Å². The maximum Gasteiger partial charge on any atom is 0.277 e. The number of carbonyl (C=O) groups is 1. The molecule has 0 bridgehead atoms. The molecule has 1 amide bonds. The zero-order valence-electron chi connectivity index (χ0n) is 10.7. The van der Waals surface area contributed by atoms with Crippen LogP contribution in [0.1, 0.15) is 17.5 Å². The lowest BCUT2D eigenvalue weighted by molar-refractivity contribution is -0.431. The first kappa shape index (κ1) is 16.5. The van der Waals surface area contributed by atoms with Gasteiger partial charge in [0.25, 0.3) is 11.1 Å². The van der Waals surface area contributed by atoms with Crippen LogP contribution in [0.4, 0.5) is 0 Å². The van der Waals surface area contributed by atoms with Crippen LogP contribution in [0, 0.1) is 0 Å². The van der Waals surface area contributed by atoms with Crippen molar-refractivity contribution in [1.82, 2.24) is 10.2 Å². The number of rotatable bonds is 6. The van der Waals surface area contributed by atoms with Crippen molar-refractivity contribution in [2.24, 2.45) is 5.73 Å². The minimum absolute atomic E-state index is 0. The Labute approximate surface area is 126 Å². The Morgan fingerprint density at radius 1 is 1.35 bits per heavy atom. The maximum atomic E-state index is 10.7. The van der Waals surface area contributed by atoms with Crippen LogP contribution in [0.3, 0.4) is 0 Å². The van der Waals surface area contributed by atoms with E-state index < -0.39 is 5.91 Å². The zero-order valence-corrected chi connectivity index (χ0v) is 12.2. The summed E-state index contributed by atoms with van der Waals surface area (Å²) in [5.74, 6) is 0.179. The van der Waals surface area contributed by atoms with Gasteiger partial charge in [0.2, 0.25) is 5.91 Å². The fourth-order valence-corrected chi connectivity index (χ4v) is 2.07. The number of aromatic nitrogens is 2. The highest BCUT2D eigenvalue weighted by Crippen LogP contribution is 2.19. The van der Waals surface area contributed by atoms with Gasteiger partial charge in [0.1, 0.15) is 0 Å². The van der Waals surface area contributed by atoms with Gasteiger partial charge in [0.05, 0.1) is 5.75 Å². The van der Waals surface area contributed by atoms with Gasteiger partial charge in [-0.25, -0.2) is 0 Å². The summed E-state index contributed by atoms with van der Waals surface area (Å²) in [6, 6.07) is 9.85. The van der Waals surface area contributed by atoms with Gasteiger partial charge >= 0.3 is 0 Å². The Kier molecular flexibility index (Phi) is 6.50. The van der Waals surface area contributed by atoms with E-state index in [1.165, 1.54) is 0 Å². The number of hydrogen-bond acceptors (Lipinski definition) is 5. The predicted octanol–water partition coefficient (Wildman–Crippen LogP) is -2.82. The fourth-order valence-electron chi connectivity index (χ4n) is 1.56. The molecule has 2 aromatic rings. The monoisotopic (exact) mass is 314 g/mol. The number of halogens is 1. The van der Waals surface area contributed by atoms with Crippen molar-refractivity contribution in [3.05, 3.63) is 41.8 Å². The molecule has 6 nitrogen and oxygen atoms in total. The molecule has 0 unspecified atom stereocenters. The quantitative estimate of drug-likeness (QED) is 0.559. The van der Waals surface area contributed by atoms with Crippen LogP contribution in [0.5, 0.6) is 0 Å². The van der Waals surface area contributed by atoms with Gasteiger partial charge in [0.15, 0.2) is 6.04 Å². The Balaban J connectivity index is 0.00000200. The molecule has 1 heterocycles. The van der Waals surface area contributed by atoms with Crippen LogP contribution in [0.25, 0.3) is 0 Å². The Hall–Kier alpha value is -1.57. The molecule has 20 heavy (non-hydrogen) atoms. The second-order valence-corrected chi connectivity index (χ2v) is 4.97. The first-order valence-corrected chi connectivity index (χ1v) is 6.75. The summed E-state index contributed by atoms with van der Waals surface area (Å²) in [5, 5.41) is 8.13. The molecule has 0 aliphatic heterocycles. The number of primary amides is 1. The second-order valence-electron chi connectivity index (χ2n) is 4.05. The first-order valence-electron chi connectivity index (χ1n) is 5.76. The summed E-state index contributed by atoms with van der Waals surface area (Å²) in [7, 11) is 0. The lowest BCUT2D eigenvalue weighted by Gasteiger charge is -2.03. The van der Waals surface area contributed by atoms with E-state index in [1.54, 1.807) is 0 Å². The van der Waals surface area contributed by atoms with Crippen molar-refractivity contribution in [2.45, 2.75) is 17.7 Å². The van der Waals surface area contributed by atoms with Gasteiger partial charge in [-0.3, -0.25) is 4.79 Å². The number of quaternary nitrogens is 1. The molecule has 1 atom stereocenters. The number of benzene rings is 1. The molecular weight excluding hydrogens is 300 g/mol. The molecule has 0 saturated carbocycles. The van der Waals surface area contributed by atoms with Crippen molar-refractivity contribution in [3.63, 3.8) is 0 Å². The molecular formula is C12H15ClN4O2S. The highest BCUT2D eigenvalue weighted by Gasteiger charge is 2.18. The lowest BCUT2D eigenvalue weighted by Crippen LogP contribution is -3.00. The molecule has 108 valence electrons. The Morgan fingerprint density at radius 2 is 2.05 bits per heavy atom. The van der Waals surface area contributed by atoms with Crippen LogP contribution >= 0.6 is 11.8 Å². The van der Waals surface area contributed by atoms with Gasteiger partial charge in [-0.15, -0.1) is 10.2 Å². The van der Waals surface area contributed by atoms with Gasteiger partial charge < -0.3 is 28.3 Å². The van der Waals surface area contributed by atoms with Crippen molar-refractivity contribution >= 4 is 17.7 Å². The Morgan fingerprint density at radius 3 is 2.70 bits per heavy atom. The third-order valence-electron chi connectivity index (χ3n) is 2.43. The SMILES string of the molecule is NC(=O)CSc1nnc([C@@H]([NH3+])Cc2ccccc2)o1.[Cl-]. The van der Waals surface area contributed by atoms with E-state index in [-0.39, 0.29) is 24.2 Å². The highest BCUT2D eigenvalue weighted by atomic mass is 35.5. The van der Waals surface area contributed by atoms with Gasteiger partial charge in [-0.1, -0.05) is 42.1 Å². The summed E-state index contributed by atoms with van der Waals surface area (Å²) in [6.45, 7) is 0. The molecule has 0 aliphatic rings.